The SMILES string of the molecule is N#CCCCCC(F)(F)CC(CCC1OCCCO1)C1=C(C(=O)O)CCCC1. The van der Waals surface area contributed by atoms with Crippen molar-refractivity contribution in [2.24, 2.45) is 5.92 Å². The number of nitriles is 1. The molecule has 28 heavy (non-hydrogen) atoms. The van der Waals surface area contributed by atoms with Gasteiger partial charge in [0, 0.05) is 24.8 Å². The first-order chi connectivity index (χ1) is 13.4. The van der Waals surface area contributed by atoms with Crippen LogP contribution in [-0.2, 0) is 14.3 Å². The van der Waals surface area contributed by atoms with E-state index >= 15 is 0 Å². The van der Waals surface area contributed by atoms with Crippen molar-refractivity contribution in [2.75, 3.05) is 13.2 Å². The monoisotopic (exact) mass is 399 g/mol. The number of rotatable bonds is 11. The Labute approximate surface area is 165 Å². The van der Waals surface area contributed by atoms with Crippen LogP contribution in [0.3, 0.4) is 0 Å². The molecule has 7 heteroatoms. The highest BCUT2D eigenvalue weighted by atomic mass is 19.3. The third kappa shape index (κ3) is 7.48. The van der Waals surface area contributed by atoms with Crippen LogP contribution >= 0.6 is 0 Å². The smallest absolute Gasteiger partial charge is 0.331 e. The normalized spacial score (nSPS) is 20.0. The number of carboxylic acids is 1. The molecule has 1 atom stereocenters. The summed E-state index contributed by atoms with van der Waals surface area (Å²) in [6, 6.07) is 1.98. The van der Waals surface area contributed by atoms with E-state index in [1.165, 1.54) is 0 Å². The van der Waals surface area contributed by atoms with Gasteiger partial charge in [-0.05, 0) is 63.7 Å². The molecule has 0 bridgehead atoms. The fraction of sp³-hybridized carbons (Fsp3) is 0.810. The van der Waals surface area contributed by atoms with Gasteiger partial charge in [0.05, 0.1) is 19.3 Å². The summed E-state index contributed by atoms with van der Waals surface area (Å²) in [6.45, 7) is 1.21. The molecular weight excluding hydrogens is 368 g/mol. The van der Waals surface area contributed by atoms with Crippen molar-refractivity contribution in [3.8, 4) is 6.07 Å². The predicted octanol–water partition coefficient (Wildman–Crippen LogP) is 5.21. The average molecular weight is 399 g/mol. The van der Waals surface area contributed by atoms with Crippen LogP contribution < -0.4 is 0 Å². The third-order valence-electron chi connectivity index (χ3n) is 5.53. The maximum Gasteiger partial charge on any atom is 0.331 e. The third-order valence-corrected chi connectivity index (χ3v) is 5.53. The van der Waals surface area contributed by atoms with Crippen LogP contribution in [0.5, 0.6) is 0 Å². The highest BCUT2D eigenvalue weighted by Crippen LogP contribution is 2.40. The van der Waals surface area contributed by atoms with Gasteiger partial charge in [0.2, 0.25) is 5.92 Å². The Bertz CT molecular complexity index is 579. The zero-order valence-corrected chi connectivity index (χ0v) is 16.4. The minimum atomic E-state index is -2.87. The molecule has 0 aromatic rings. The van der Waals surface area contributed by atoms with Gasteiger partial charge >= 0.3 is 5.97 Å². The number of ether oxygens (including phenoxy) is 2. The van der Waals surface area contributed by atoms with Gasteiger partial charge in [-0.1, -0.05) is 5.57 Å². The summed E-state index contributed by atoms with van der Waals surface area (Å²) in [5.74, 6) is -4.34. The number of unbranched alkanes of at least 4 members (excludes halogenated alkanes) is 2. The maximum absolute atomic E-state index is 14.6. The van der Waals surface area contributed by atoms with Crippen LogP contribution in [0.4, 0.5) is 8.78 Å². The van der Waals surface area contributed by atoms with Crippen molar-refractivity contribution in [3.05, 3.63) is 11.1 Å². The lowest BCUT2D eigenvalue weighted by Crippen LogP contribution is -2.28. The molecule has 1 heterocycles. The second-order valence-electron chi connectivity index (χ2n) is 7.74. The molecule has 0 aromatic carbocycles. The second-order valence-corrected chi connectivity index (χ2v) is 7.74. The summed E-state index contributed by atoms with van der Waals surface area (Å²) in [5.41, 5.74) is 1.01. The molecule has 0 aromatic heterocycles. The van der Waals surface area contributed by atoms with Gasteiger partial charge in [0.25, 0.3) is 0 Å². The van der Waals surface area contributed by atoms with E-state index in [9.17, 15) is 18.7 Å². The van der Waals surface area contributed by atoms with Crippen LogP contribution in [0.25, 0.3) is 0 Å². The van der Waals surface area contributed by atoms with Crippen LogP contribution in [0, 0.1) is 17.2 Å². The van der Waals surface area contributed by atoms with E-state index in [-0.39, 0.29) is 19.3 Å². The number of halogens is 2. The molecule has 1 saturated heterocycles. The first-order valence-electron chi connectivity index (χ1n) is 10.4. The fourth-order valence-corrected chi connectivity index (χ4v) is 4.11. The Kier molecular flexibility index (Phi) is 9.33. The number of alkyl halides is 2. The van der Waals surface area contributed by atoms with Crippen LogP contribution in [0.2, 0.25) is 0 Å². The topological polar surface area (TPSA) is 79.5 Å². The molecule has 158 valence electrons. The van der Waals surface area contributed by atoms with E-state index in [1.807, 2.05) is 6.07 Å². The Morgan fingerprint density at radius 3 is 2.61 bits per heavy atom. The van der Waals surface area contributed by atoms with Gasteiger partial charge < -0.3 is 14.6 Å². The largest absolute Gasteiger partial charge is 0.478 e. The molecule has 0 amide bonds. The number of allylic oxidation sites excluding steroid dienone is 1. The lowest BCUT2D eigenvalue weighted by Gasteiger charge is -2.31. The van der Waals surface area contributed by atoms with Crippen molar-refractivity contribution >= 4 is 5.97 Å². The van der Waals surface area contributed by atoms with Crippen LogP contribution in [-0.4, -0.2) is 36.5 Å². The molecule has 1 fully saturated rings. The van der Waals surface area contributed by atoms with Crippen molar-refractivity contribution in [3.63, 3.8) is 0 Å². The van der Waals surface area contributed by atoms with Gasteiger partial charge in [-0.3, -0.25) is 0 Å². The zero-order chi connectivity index (χ0) is 20.4. The fourth-order valence-electron chi connectivity index (χ4n) is 4.11. The maximum atomic E-state index is 14.6. The summed E-state index contributed by atoms with van der Waals surface area (Å²) in [6.07, 6.45) is 4.44. The number of carbonyl (C=O) groups is 1. The number of nitrogens with zero attached hydrogens (tertiary/aromatic N) is 1. The molecule has 0 saturated carbocycles. The average Bonchev–Trinajstić information content (AvgIpc) is 2.69. The van der Waals surface area contributed by atoms with Crippen molar-refractivity contribution < 1.29 is 28.2 Å². The first-order valence-corrected chi connectivity index (χ1v) is 10.4. The molecule has 2 rings (SSSR count). The first kappa shape index (κ1) is 22.8. The Hall–Kier alpha value is -1.52. The van der Waals surface area contributed by atoms with Crippen molar-refractivity contribution in [2.45, 2.75) is 89.3 Å². The Morgan fingerprint density at radius 1 is 1.21 bits per heavy atom. The summed E-state index contributed by atoms with van der Waals surface area (Å²) in [5, 5.41) is 18.1. The minimum absolute atomic E-state index is 0.267. The van der Waals surface area contributed by atoms with Crippen LogP contribution in [0.15, 0.2) is 11.1 Å². The summed E-state index contributed by atoms with van der Waals surface area (Å²) in [7, 11) is 0. The standard InChI is InChI=1S/C21H31F2NO4/c22-21(23,11-4-1-5-12-24)15-16(9-10-19-27-13-6-14-28-19)17-7-2-3-8-18(17)20(25)26/h16,19H,1-11,13-15H2,(H,25,26). The number of hydrogen-bond donors (Lipinski definition) is 1. The van der Waals surface area contributed by atoms with Crippen molar-refractivity contribution in [1.82, 2.24) is 0 Å². The summed E-state index contributed by atoms with van der Waals surface area (Å²) >= 11 is 0. The summed E-state index contributed by atoms with van der Waals surface area (Å²) in [4.78, 5) is 11.7. The Balaban J connectivity index is 2.08. The summed E-state index contributed by atoms with van der Waals surface area (Å²) < 4.78 is 40.3. The Morgan fingerprint density at radius 2 is 1.93 bits per heavy atom. The second kappa shape index (κ2) is 11.5. The molecule has 1 unspecified atom stereocenters. The lowest BCUT2D eigenvalue weighted by atomic mass is 9.78. The lowest BCUT2D eigenvalue weighted by molar-refractivity contribution is -0.183. The van der Waals surface area contributed by atoms with E-state index < -0.39 is 24.1 Å². The van der Waals surface area contributed by atoms with Gasteiger partial charge in [0.1, 0.15) is 0 Å². The van der Waals surface area contributed by atoms with Crippen LogP contribution in [0.1, 0.15) is 77.0 Å². The zero-order valence-electron chi connectivity index (χ0n) is 16.4. The van der Waals surface area contributed by atoms with E-state index in [0.29, 0.717) is 62.9 Å². The highest BCUT2D eigenvalue weighted by molar-refractivity contribution is 5.87. The van der Waals surface area contributed by atoms with E-state index in [0.717, 1.165) is 19.3 Å². The van der Waals surface area contributed by atoms with Gasteiger partial charge in [0.15, 0.2) is 6.29 Å². The molecule has 0 radical (unpaired) electrons. The van der Waals surface area contributed by atoms with Crippen molar-refractivity contribution in [1.29, 1.82) is 5.26 Å². The van der Waals surface area contributed by atoms with Gasteiger partial charge in [-0.2, -0.15) is 5.26 Å². The molecule has 1 aliphatic carbocycles. The predicted molar refractivity (Wildman–Crippen MR) is 99.8 cm³/mol. The number of hydrogen-bond acceptors (Lipinski definition) is 4. The molecular formula is C21H31F2NO4. The molecule has 0 spiro atoms. The number of aliphatic carboxylic acids is 1. The molecule has 1 aliphatic heterocycles. The number of carboxylic acid groups (broad SMARTS) is 1. The quantitative estimate of drug-likeness (QED) is 0.483. The van der Waals surface area contributed by atoms with E-state index in [1.54, 1.807) is 0 Å². The highest BCUT2D eigenvalue weighted by Gasteiger charge is 2.36. The minimum Gasteiger partial charge on any atom is -0.478 e. The molecule has 1 N–H and O–H groups in total. The van der Waals surface area contributed by atoms with E-state index in [2.05, 4.69) is 0 Å². The molecule has 5 nitrogen and oxygen atoms in total. The van der Waals surface area contributed by atoms with Gasteiger partial charge in [-0.25, -0.2) is 13.6 Å². The van der Waals surface area contributed by atoms with Gasteiger partial charge in [-0.15, -0.1) is 0 Å². The van der Waals surface area contributed by atoms with E-state index in [4.69, 9.17) is 14.7 Å². The molecule has 2 aliphatic rings.